The number of rotatable bonds is 6. The number of imide groups is 1. The second-order valence-electron chi connectivity index (χ2n) is 7.18. The molecule has 12 nitrogen and oxygen atoms in total. The number of piperazine rings is 1. The highest BCUT2D eigenvalue weighted by molar-refractivity contribution is 7.86. The minimum atomic E-state index is -3.76. The first kappa shape index (κ1) is 22.0. The maximum atomic E-state index is 12.9. The standard InChI is InChI=1S/C17H24N6O6S/c1-17(12-4-3-5-13(10-12)29-2)15(25)23(16(26)19-17)20-14(24)11-21-6-8-22(9-7-21)30(18,27)28/h3-5,10H,6-9,11H2,1-2H3,(H,19,26)(H,20,24)(H2,18,27,28). The lowest BCUT2D eigenvalue weighted by Gasteiger charge is -2.32. The van der Waals surface area contributed by atoms with E-state index in [0.717, 1.165) is 4.31 Å². The predicted octanol–water partition coefficient (Wildman–Crippen LogP) is -1.69. The number of benzene rings is 1. The van der Waals surface area contributed by atoms with Crippen LogP contribution in [-0.2, 0) is 25.3 Å². The monoisotopic (exact) mass is 440 g/mol. The third-order valence-corrected chi connectivity index (χ3v) is 6.22. The summed E-state index contributed by atoms with van der Waals surface area (Å²) in [5.41, 5.74) is 1.47. The molecule has 2 fully saturated rings. The Morgan fingerprint density at radius 2 is 1.93 bits per heavy atom. The van der Waals surface area contributed by atoms with Crippen molar-refractivity contribution in [3.8, 4) is 5.75 Å². The lowest BCUT2D eigenvalue weighted by Crippen LogP contribution is -2.55. The highest BCUT2D eigenvalue weighted by Crippen LogP contribution is 2.30. The minimum absolute atomic E-state index is 0.106. The molecule has 0 aromatic heterocycles. The molecule has 2 aliphatic rings. The van der Waals surface area contributed by atoms with Gasteiger partial charge in [0.2, 0.25) is 0 Å². The number of ether oxygens (including phenoxy) is 1. The summed E-state index contributed by atoms with van der Waals surface area (Å²) < 4.78 is 29.0. The van der Waals surface area contributed by atoms with Crippen molar-refractivity contribution < 1.29 is 27.5 Å². The van der Waals surface area contributed by atoms with Crippen molar-refractivity contribution in [1.82, 2.24) is 25.0 Å². The Morgan fingerprint density at radius 1 is 1.27 bits per heavy atom. The summed E-state index contributed by atoms with van der Waals surface area (Å²) in [6.45, 7) is 2.34. The average Bonchev–Trinajstić information content (AvgIpc) is 2.92. The topological polar surface area (TPSA) is 154 Å². The molecule has 0 spiro atoms. The van der Waals surface area contributed by atoms with Gasteiger partial charge in [-0.15, -0.1) is 0 Å². The first-order chi connectivity index (χ1) is 14.0. The van der Waals surface area contributed by atoms with Crippen molar-refractivity contribution in [2.75, 3.05) is 39.8 Å². The normalized spacial score (nSPS) is 23.4. The van der Waals surface area contributed by atoms with E-state index in [1.165, 1.54) is 7.11 Å². The molecule has 2 saturated heterocycles. The molecule has 1 aromatic rings. The van der Waals surface area contributed by atoms with E-state index in [9.17, 15) is 22.8 Å². The predicted molar refractivity (Wildman–Crippen MR) is 105 cm³/mol. The Balaban J connectivity index is 1.62. The van der Waals surface area contributed by atoms with Crippen LogP contribution in [0.4, 0.5) is 4.79 Å². The quantitative estimate of drug-likeness (QED) is 0.446. The first-order valence-corrected chi connectivity index (χ1v) is 10.7. The maximum Gasteiger partial charge on any atom is 0.344 e. The van der Waals surface area contributed by atoms with E-state index in [1.807, 2.05) is 0 Å². The molecular weight excluding hydrogens is 416 g/mol. The molecule has 0 aliphatic carbocycles. The highest BCUT2D eigenvalue weighted by Gasteiger charge is 2.50. The van der Waals surface area contributed by atoms with Crippen LogP contribution in [0.15, 0.2) is 24.3 Å². The van der Waals surface area contributed by atoms with E-state index in [-0.39, 0.29) is 19.6 Å². The number of hydrogen-bond acceptors (Lipinski definition) is 7. The largest absolute Gasteiger partial charge is 0.497 e. The van der Waals surface area contributed by atoms with E-state index < -0.39 is 33.6 Å². The molecule has 4 N–H and O–H groups in total. The zero-order chi connectivity index (χ0) is 22.1. The lowest BCUT2D eigenvalue weighted by molar-refractivity contribution is -0.139. The van der Waals surface area contributed by atoms with Gasteiger partial charge in [-0.2, -0.15) is 17.7 Å². The van der Waals surface area contributed by atoms with Crippen LogP contribution in [0.2, 0.25) is 0 Å². The fourth-order valence-corrected chi connectivity index (χ4v) is 4.05. The minimum Gasteiger partial charge on any atom is -0.497 e. The van der Waals surface area contributed by atoms with Gasteiger partial charge in [-0.05, 0) is 24.6 Å². The number of carbonyl (C=O) groups excluding carboxylic acids is 3. The van der Waals surface area contributed by atoms with Crippen molar-refractivity contribution in [3.63, 3.8) is 0 Å². The molecule has 2 aliphatic heterocycles. The molecule has 164 valence electrons. The molecule has 30 heavy (non-hydrogen) atoms. The molecule has 0 radical (unpaired) electrons. The van der Waals surface area contributed by atoms with E-state index in [2.05, 4.69) is 10.7 Å². The van der Waals surface area contributed by atoms with Crippen LogP contribution in [-0.4, -0.2) is 80.3 Å². The summed E-state index contributed by atoms with van der Waals surface area (Å²) in [5, 5.41) is 8.34. The van der Waals surface area contributed by atoms with Crippen molar-refractivity contribution in [3.05, 3.63) is 29.8 Å². The van der Waals surface area contributed by atoms with Crippen LogP contribution in [0.5, 0.6) is 5.75 Å². The summed E-state index contributed by atoms with van der Waals surface area (Å²) in [7, 11) is -2.27. The smallest absolute Gasteiger partial charge is 0.344 e. The van der Waals surface area contributed by atoms with Crippen LogP contribution < -0.4 is 20.6 Å². The van der Waals surface area contributed by atoms with Crippen LogP contribution in [0, 0.1) is 0 Å². The third-order valence-electron chi connectivity index (χ3n) is 5.13. The number of nitrogens with one attached hydrogen (secondary N) is 2. The fourth-order valence-electron chi connectivity index (χ4n) is 3.38. The Kier molecular flexibility index (Phi) is 5.99. The Labute approximate surface area is 174 Å². The van der Waals surface area contributed by atoms with Crippen molar-refractivity contribution >= 4 is 28.1 Å². The van der Waals surface area contributed by atoms with E-state index in [1.54, 1.807) is 36.1 Å². The number of urea groups is 1. The van der Waals surface area contributed by atoms with Crippen molar-refractivity contribution in [1.29, 1.82) is 0 Å². The van der Waals surface area contributed by atoms with Gasteiger partial charge in [-0.3, -0.25) is 19.9 Å². The number of hydrogen-bond donors (Lipinski definition) is 3. The highest BCUT2D eigenvalue weighted by atomic mass is 32.2. The van der Waals surface area contributed by atoms with Crippen molar-refractivity contribution in [2.45, 2.75) is 12.5 Å². The molecule has 2 heterocycles. The SMILES string of the molecule is COc1cccc(C2(C)NC(=O)N(NC(=O)CN3CCN(S(N)(=O)=O)CC3)C2=O)c1. The second-order valence-corrected chi connectivity index (χ2v) is 8.73. The number of hydrazine groups is 1. The van der Waals surface area contributed by atoms with Crippen LogP contribution in [0.3, 0.4) is 0 Å². The Hall–Kier alpha value is -2.74. The molecule has 4 amide bonds. The van der Waals surface area contributed by atoms with Gasteiger partial charge in [0.15, 0.2) is 0 Å². The average molecular weight is 440 g/mol. The lowest BCUT2D eigenvalue weighted by atomic mass is 9.92. The van der Waals surface area contributed by atoms with E-state index in [4.69, 9.17) is 9.88 Å². The summed E-state index contributed by atoms with van der Waals surface area (Å²) >= 11 is 0. The van der Waals surface area contributed by atoms with Gasteiger partial charge in [0.1, 0.15) is 11.3 Å². The molecule has 13 heteroatoms. The van der Waals surface area contributed by atoms with Gasteiger partial charge in [0.05, 0.1) is 13.7 Å². The summed E-state index contributed by atoms with van der Waals surface area (Å²) in [5.74, 6) is -0.678. The molecule has 1 aromatic carbocycles. The first-order valence-electron chi connectivity index (χ1n) is 9.15. The zero-order valence-electron chi connectivity index (χ0n) is 16.6. The van der Waals surface area contributed by atoms with E-state index >= 15 is 0 Å². The van der Waals surface area contributed by atoms with Crippen LogP contribution in [0.25, 0.3) is 0 Å². The van der Waals surface area contributed by atoms with E-state index in [0.29, 0.717) is 29.4 Å². The van der Waals surface area contributed by atoms with Gasteiger partial charge in [0, 0.05) is 26.2 Å². The van der Waals surface area contributed by atoms with Gasteiger partial charge in [0.25, 0.3) is 22.0 Å². The third kappa shape index (κ3) is 4.38. The molecule has 3 rings (SSSR count). The Bertz CT molecular complexity index is 961. The number of amides is 4. The Morgan fingerprint density at radius 3 is 2.53 bits per heavy atom. The fraction of sp³-hybridized carbons (Fsp3) is 0.471. The second kappa shape index (κ2) is 8.18. The molecular formula is C17H24N6O6S. The van der Waals surface area contributed by atoms with Gasteiger partial charge in [-0.25, -0.2) is 9.93 Å². The summed E-state index contributed by atoms with van der Waals surface area (Å²) in [4.78, 5) is 39.3. The van der Waals surface area contributed by atoms with Gasteiger partial charge >= 0.3 is 6.03 Å². The number of nitrogens with zero attached hydrogens (tertiary/aromatic N) is 3. The molecule has 1 unspecified atom stereocenters. The van der Waals surface area contributed by atoms with Gasteiger partial charge < -0.3 is 10.1 Å². The summed E-state index contributed by atoms with van der Waals surface area (Å²) in [6.07, 6.45) is 0. The van der Waals surface area contributed by atoms with Crippen LogP contribution >= 0.6 is 0 Å². The molecule has 0 bridgehead atoms. The molecule has 0 saturated carbocycles. The maximum absolute atomic E-state index is 12.9. The zero-order valence-corrected chi connectivity index (χ0v) is 17.4. The summed E-state index contributed by atoms with van der Waals surface area (Å²) in [6, 6.07) is 5.97. The number of carbonyl (C=O) groups is 3. The van der Waals surface area contributed by atoms with Crippen LogP contribution in [0.1, 0.15) is 12.5 Å². The van der Waals surface area contributed by atoms with Crippen molar-refractivity contribution in [2.24, 2.45) is 5.14 Å². The number of methoxy groups -OCH3 is 1. The number of nitrogens with two attached hydrogens (primary N) is 1. The molecule has 1 atom stereocenters. The van der Waals surface area contributed by atoms with Gasteiger partial charge in [-0.1, -0.05) is 12.1 Å².